The van der Waals surface area contributed by atoms with Crippen LogP contribution >= 0.6 is 0 Å². The van der Waals surface area contributed by atoms with Crippen molar-refractivity contribution in [3.8, 4) is 0 Å². The number of rotatable bonds is 2. The van der Waals surface area contributed by atoms with Gasteiger partial charge in [-0.3, -0.25) is 4.79 Å². The van der Waals surface area contributed by atoms with E-state index in [0.29, 0.717) is 5.91 Å². The van der Waals surface area contributed by atoms with Crippen LogP contribution in [-0.4, -0.2) is 30.4 Å². The molecule has 0 bridgehead atoms. The Bertz CT molecular complexity index is 504. The molecule has 0 saturated carbocycles. The van der Waals surface area contributed by atoms with Crippen LogP contribution in [-0.2, 0) is 11.2 Å². The maximum atomic E-state index is 12.7. The lowest BCUT2D eigenvalue weighted by atomic mass is 9.85. The van der Waals surface area contributed by atoms with Gasteiger partial charge in [-0.25, -0.2) is 0 Å². The molecule has 3 heteroatoms. The molecule has 1 unspecified atom stereocenters. The molecular formula is C18H26N2O. The Morgan fingerprint density at radius 3 is 2.67 bits per heavy atom. The number of para-hydroxylation sites is 1. The predicted octanol–water partition coefficient (Wildman–Crippen LogP) is 3.17. The average molecular weight is 286 g/mol. The van der Waals surface area contributed by atoms with Gasteiger partial charge in [0.2, 0.25) is 5.91 Å². The molecule has 0 aromatic heterocycles. The van der Waals surface area contributed by atoms with Crippen LogP contribution in [0, 0.1) is 17.8 Å². The normalized spacial score (nSPS) is 22.8. The van der Waals surface area contributed by atoms with Crippen LogP contribution in [0.2, 0.25) is 0 Å². The number of carbonyl (C=O) groups is 1. The van der Waals surface area contributed by atoms with Gasteiger partial charge in [0.05, 0.1) is 5.92 Å². The molecule has 3 rings (SSSR count). The van der Waals surface area contributed by atoms with E-state index in [1.165, 1.54) is 24.1 Å². The van der Waals surface area contributed by atoms with Crippen LogP contribution in [0.3, 0.4) is 0 Å². The largest absolute Gasteiger partial charge is 0.384 e. The molecule has 2 aliphatic rings. The predicted molar refractivity (Wildman–Crippen MR) is 86.3 cm³/mol. The molecule has 114 valence electrons. The zero-order valence-corrected chi connectivity index (χ0v) is 13.1. The van der Waals surface area contributed by atoms with Gasteiger partial charge in [-0.15, -0.1) is 0 Å². The molecule has 2 heterocycles. The minimum Gasteiger partial charge on any atom is -0.384 e. The van der Waals surface area contributed by atoms with Gasteiger partial charge in [-0.05, 0) is 42.7 Å². The fraction of sp³-hybridized carbons (Fsp3) is 0.611. The summed E-state index contributed by atoms with van der Waals surface area (Å²) in [7, 11) is 0. The number of fused-ring (bicyclic) bond motifs is 1. The Morgan fingerprint density at radius 1 is 1.24 bits per heavy atom. The van der Waals surface area contributed by atoms with Crippen LogP contribution in [0.25, 0.3) is 0 Å². The van der Waals surface area contributed by atoms with Crippen LogP contribution in [0.5, 0.6) is 0 Å². The van der Waals surface area contributed by atoms with E-state index < -0.39 is 0 Å². The molecule has 0 aliphatic carbocycles. The van der Waals surface area contributed by atoms with E-state index in [1.54, 1.807) is 0 Å². The molecular weight excluding hydrogens is 260 g/mol. The molecule has 1 saturated heterocycles. The van der Waals surface area contributed by atoms with Gasteiger partial charge < -0.3 is 10.2 Å². The summed E-state index contributed by atoms with van der Waals surface area (Å²) >= 11 is 0. The number of hydrogen-bond acceptors (Lipinski definition) is 2. The minimum atomic E-state index is 0.107. The fourth-order valence-corrected chi connectivity index (χ4v) is 3.66. The van der Waals surface area contributed by atoms with Gasteiger partial charge in [0.15, 0.2) is 0 Å². The van der Waals surface area contributed by atoms with E-state index in [2.05, 4.69) is 42.3 Å². The van der Waals surface area contributed by atoms with Crippen LogP contribution < -0.4 is 5.32 Å². The zero-order valence-electron chi connectivity index (χ0n) is 13.1. The summed E-state index contributed by atoms with van der Waals surface area (Å²) in [6.07, 6.45) is 3.21. The number of nitrogens with zero attached hydrogens (tertiary/aromatic N) is 1. The van der Waals surface area contributed by atoms with Crippen LogP contribution in [0.1, 0.15) is 32.3 Å². The smallest absolute Gasteiger partial charge is 0.227 e. The SMILES string of the molecule is CC(C)C1CCN(C(=O)C2CNc3ccccc3C2)CC1. The van der Waals surface area contributed by atoms with Gasteiger partial charge >= 0.3 is 0 Å². The van der Waals surface area contributed by atoms with E-state index in [-0.39, 0.29) is 5.92 Å². The van der Waals surface area contributed by atoms with Crippen molar-refractivity contribution in [1.82, 2.24) is 4.90 Å². The summed E-state index contributed by atoms with van der Waals surface area (Å²) < 4.78 is 0. The second kappa shape index (κ2) is 6.08. The van der Waals surface area contributed by atoms with Gasteiger partial charge in [0.25, 0.3) is 0 Å². The van der Waals surface area contributed by atoms with E-state index in [1.807, 2.05) is 6.07 Å². The molecule has 1 fully saturated rings. The first-order valence-corrected chi connectivity index (χ1v) is 8.25. The summed E-state index contributed by atoms with van der Waals surface area (Å²) in [4.78, 5) is 14.8. The number of nitrogens with one attached hydrogen (secondary N) is 1. The van der Waals surface area contributed by atoms with Crippen molar-refractivity contribution in [2.75, 3.05) is 25.0 Å². The molecule has 2 aliphatic heterocycles. The Kier molecular flexibility index (Phi) is 4.18. The molecule has 1 aromatic carbocycles. The Morgan fingerprint density at radius 2 is 1.95 bits per heavy atom. The number of carbonyl (C=O) groups excluding carboxylic acids is 1. The van der Waals surface area contributed by atoms with Crippen LogP contribution in [0.15, 0.2) is 24.3 Å². The fourth-order valence-electron chi connectivity index (χ4n) is 3.66. The average Bonchev–Trinajstić information content (AvgIpc) is 2.54. The van der Waals surface area contributed by atoms with Gasteiger partial charge in [-0.2, -0.15) is 0 Å². The maximum absolute atomic E-state index is 12.7. The summed E-state index contributed by atoms with van der Waals surface area (Å²) in [6.45, 7) is 7.26. The topological polar surface area (TPSA) is 32.3 Å². The number of amides is 1. The molecule has 3 nitrogen and oxygen atoms in total. The van der Waals surface area contributed by atoms with Crippen molar-refractivity contribution in [2.24, 2.45) is 17.8 Å². The standard InChI is InChI=1S/C18H26N2O/c1-13(2)14-7-9-20(10-8-14)18(21)16-11-15-5-3-4-6-17(15)19-12-16/h3-6,13-14,16,19H,7-12H2,1-2H3. The van der Waals surface area contributed by atoms with E-state index in [4.69, 9.17) is 0 Å². The minimum absolute atomic E-state index is 0.107. The summed E-state index contributed by atoms with van der Waals surface area (Å²) in [5.41, 5.74) is 2.47. The molecule has 1 aromatic rings. The Labute approximate surface area is 127 Å². The molecule has 0 spiro atoms. The van der Waals surface area contributed by atoms with E-state index in [9.17, 15) is 4.79 Å². The molecule has 21 heavy (non-hydrogen) atoms. The van der Waals surface area contributed by atoms with Crippen molar-refractivity contribution in [3.05, 3.63) is 29.8 Å². The number of hydrogen-bond donors (Lipinski definition) is 1. The second-order valence-corrected chi connectivity index (χ2v) is 6.85. The first kappa shape index (κ1) is 14.4. The lowest BCUT2D eigenvalue weighted by molar-refractivity contribution is -0.136. The molecule has 1 atom stereocenters. The molecule has 1 N–H and O–H groups in total. The maximum Gasteiger partial charge on any atom is 0.227 e. The molecule has 0 radical (unpaired) electrons. The highest BCUT2D eigenvalue weighted by molar-refractivity contribution is 5.81. The quantitative estimate of drug-likeness (QED) is 0.905. The van der Waals surface area contributed by atoms with Crippen molar-refractivity contribution in [3.63, 3.8) is 0 Å². The highest BCUT2D eigenvalue weighted by atomic mass is 16.2. The third-order valence-corrected chi connectivity index (χ3v) is 5.17. The number of benzene rings is 1. The lowest BCUT2D eigenvalue weighted by Gasteiger charge is -2.37. The van der Waals surface area contributed by atoms with Crippen molar-refractivity contribution in [2.45, 2.75) is 33.1 Å². The van der Waals surface area contributed by atoms with Gasteiger partial charge in [0.1, 0.15) is 0 Å². The van der Waals surface area contributed by atoms with Crippen LogP contribution in [0.4, 0.5) is 5.69 Å². The summed E-state index contributed by atoms with van der Waals surface area (Å²) in [5, 5.41) is 3.41. The summed E-state index contributed by atoms with van der Waals surface area (Å²) in [5.74, 6) is 1.99. The van der Waals surface area contributed by atoms with Gasteiger partial charge in [-0.1, -0.05) is 32.0 Å². The Balaban J connectivity index is 1.60. The first-order chi connectivity index (χ1) is 10.1. The highest BCUT2D eigenvalue weighted by Gasteiger charge is 2.31. The second-order valence-electron chi connectivity index (χ2n) is 6.85. The monoisotopic (exact) mass is 286 g/mol. The summed E-state index contributed by atoms with van der Waals surface area (Å²) in [6, 6.07) is 8.34. The van der Waals surface area contributed by atoms with Gasteiger partial charge in [0, 0.05) is 25.3 Å². The highest BCUT2D eigenvalue weighted by Crippen LogP contribution is 2.28. The first-order valence-electron chi connectivity index (χ1n) is 8.25. The third kappa shape index (κ3) is 3.07. The number of likely N-dealkylation sites (tertiary alicyclic amines) is 1. The van der Waals surface area contributed by atoms with Crippen molar-refractivity contribution >= 4 is 11.6 Å². The van der Waals surface area contributed by atoms with E-state index >= 15 is 0 Å². The van der Waals surface area contributed by atoms with Crippen molar-refractivity contribution < 1.29 is 4.79 Å². The lowest BCUT2D eigenvalue weighted by Crippen LogP contribution is -2.45. The molecule has 1 amide bonds. The number of anilines is 1. The third-order valence-electron chi connectivity index (χ3n) is 5.17. The van der Waals surface area contributed by atoms with E-state index in [0.717, 1.165) is 37.9 Å². The van der Waals surface area contributed by atoms with Crippen molar-refractivity contribution in [1.29, 1.82) is 0 Å². The number of piperidine rings is 1. The zero-order chi connectivity index (χ0) is 14.8. The Hall–Kier alpha value is -1.51.